The number of rotatable bonds is 4. The van der Waals surface area contributed by atoms with E-state index in [9.17, 15) is 9.90 Å². The standard InChI is InChI=1S/C16H16N2O3/c1-10-4-2-3-5-11(10)14(19)9-17-16(20)13-8-15-12(18-13)6-7-21-15/h2-8,14,18-19H,9H2,1H3,(H,17,20). The molecule has 0 aliphatic carbocycles. The van der Waals surface area contributed by atoms with Crippen LogP contribution < -0.4 is 5.32 Å². The van der Waals surface area contributed by atoms with Crippen molar-refractivity contribution in [3.8, 4) is 0 Å². The topological polar surface area (TPSA) is 78.3 Å². The van der Waals surface area contributed by atoms with E-state index in [1.807, 2.05) is 31.2 Å². The summed E-state index contributed by atoms with van der Waals surface area (Å²) in [6.07, 6.45) is 0.832. The molecule has 5 heteroatoms. The molecule has 21 heavy (non-hydrogen) atoms. The fourth-order valence-electron chi connectivity index (χ4n) is 2.33. The minimum Gasteiger partial charge on any atom is -0.463 e. The van der Waals surface area contributed by atoms with Crippen molar-refractivity contribution < 1.29 is 14.3 Å². The number of benzene rings is 1. The van der Waals surface area contributed by atoms with Crippen molar-refractivity contribution in [3.05, 3.63) is 59.5 Å². The summed E-state index contributed by atoms with van der Waals surface area (Å²) >= 11 is 0. The van der Waals surface area contributed by atoms with Gasteiger partial charge in [-0.05, 0) is 18.1 Å². The van der Waals surface area contributed by atoms with E-state index in [4.69, 9.17) is 4.42 Å². The van der Waals surface area contributed by atoms with E-state index < -0.39 is 6.10 Å². The summed E-state index contributed by atoms with van der Waals surface area (Å²) in [6, 6.07) is 11.0. The summed E-state index contributed by atoms with van der Waals surface area (Å²) in [5.74, 6) is -0.269. The van der Waals surface area contributed by atoms with Gasteiger partial charge in [0.05, 0.1) is 17.9 Å². The number of aliphatic hydroxyl groups is 1. The zero-order valence-corrected chi connectivity index (χ0v) is 11.6. The maximum Gasteiger partial charge on any atom is 0.267 e. The summed E-state index contributed by atoms with van der Waals surface area (Å²) in [5, 5.41) is 12.9. The van der Waals surface area contributed by atoms with Crippen molar-refractivity contribution in [2.24, 2.45) is 0 Å². The molecular weight excluding hydrogens is 268 g/mol. The predicted octanol–water partition coefficient (Wildman–Crippen LogP) is 2.53. The monoisotopic (exact) mass is 284 g/mol. The first kappa shape index (κ1) is 13.5. The Morgan fingerprint density at radius 1 is 1.38 bits per heavy atom. The zero-order chi connectivity index (χ0) is 14.8. The van der Waals surface area contributed by atoms with Crippen LogP contribution in [-0.2, 0) is 0 Å². The Hall–Kier alpha value is -2.53. The number of carbonyl (C=O) groups excluding carboxylic acids is 1. The van der Waals surface area contributed by atoms with Crippen molar-refractivity contribution in [2.45, 2.75) is 13.0 Å². The number of aromatic amines is 1. The number of carbonyl (C=O) groups is 1. The van der Waals surface area contributed by atoms with Crippen LogP contribution in [-0.4, -0.2) is 22.5 Å². The second kappa shape index (κ2) is 5.46. The second-order valence-corrected chi connectivity index (χ2v) is 4.96. The lowest BCUT2D eigenvalue weighted by molar-refractivity contribution is 0.0911. The lowest BCUT2D eigenvalue weighted by atomic mass is 10.0. The molecule has 0 spiro atoms. The van der Waals surface area contributed by atoms with E-state index in [2.05, 4.69) is 10.3 Å². The first-order valence-corrected chi connectivity index (χ1v) is 6.73. The van der Waals surface area contributed by atoms with Gasteiger partial charge in [0.15, 0.2) is 5.58 Å². The molecule has 0 aliphatic heterocycles. The quantitative estimate of drug-likeness (QED) is 0.689. The van der Waals surface area contributed by atoms with Gasteiger partial charge in [0.1, 0.15) is 5.69 Å². The van der Waals surface area contributed by atoms with Crippen molar-refractivity contribution in [3.63, 3.8) is 0 Å². The Labute approximate surface area is 121 Å². The first-order valence-electron chi connectivity index (χ1n) is 6.73. The molecule has 5 nitrogen and oxygen atoms in total. The van der Waals surface area contributed by atoms with Crippen LogP contribution in [0.15, 0.2) is 47.1 Å². The molecule has 108 valence electrons. The lowest BCUT2D eigenvalue weighted by Crippen LogP contribution is -2.28. The molecule has 1 amide bonds. The highest BCUT2D eigenvalue weighted by molar-refractivity contribution is 5.96. The Morgan fingerprint density at radius 2 is 2.19 bits per heavy atom. The van der Waals surface area contributed by atoms with Gasteiger partial charge in [-0.1, -0.05) is 24.3 Å². The van der Waals surface area contributed by atoms with Crippen molar-refractivity contribution in [1.82, 2.24) is 10.3 Å². The van der Waals surface area contributed by atoms with Crippen LogP contribution in [0.3, 0.4) is 0 Å². The van der Waals surface area contributed by atoms with Gasteiger partial charge in [-0.15, -0.1) is 0 Å². The fraction of sp³-hybridized carbons (Fsp3) is 0.188. The van der Waals surface area contributed by atoms with Gasteiger partial charge in [0.25, 0.3) is 5.91 Å². The Morgan fingerprint density at radius 3 is 2.95 bits per heavy atom. The molecule has 0 radical (unpaired) electrons. The highest BCUT2D eigenvalue weighted by Gasteiger charge is 2.14. The molecule has 1 unspecified atom stereocenters. The number of H-pyrrole nitrogens is 1. The largest absolute Gasteiger partial charge is 0.463 e. The molecule has 1 aromatic carbocycles. The normalized spacial score (nSPS) is 12.5. The molecule has 0 saturated carbocycles. The summed E-state index contributed by atoms with van der Waals surface area (Å²) in [5.41, 5.74) is 3.65. The smallest absolute Gasteiger partial charge is 0.267 e. The molecule has 0 saturated heterocycles. The average molecular weight is 284 g/mol. The van der Waals surface area contributed by atoms with Gasteiger partial charge in [-0.2, -0.15) is 0 Å². The van der Waals surface area contributed by atoms with Crippen LogP contribution in [0.4, 0.5) is 0 Å². The SMILES string of the molecule is Cc1ccccc1C(O)CNC(=O)c1cc2occc2[nH]1. The van der Waals surface area contributed by atoms with Crippen LogP contribution in [0.1, 0.15) is 27.7 Å². The van der Waals surface area contributed by atoms with Gasteiger partial charge in [0.2, 0.25) is 0 Å². The fourth-order valence-corrected chi connectivity index (χ4v) is 2.33. The number of aryl methyl sites for hydroxylation is 1. The van der Waals surface area contributed by atoms with Crippen molar-refractivity contribution in [2.75, 3.05) is 6.54 Å². The minimum atomic E-state index is -0.729. The van der Waals surface area contributed by atoms with E-state index in [1.54, 1.807) is 18.4 Å². The summed E-state index contributed by atoms with van der Waals surface area (Å²) in [7, 11) is 0. The maximum absolute atomic E-state index is 12.0. The summed E-state index contributed by atoms with van der Waals surface area (Å²) < 4.78 is 5.20. The van der Waals surface area contributed by atoms with E-state index in [0.717, 1.165) is 16.6 Å². The zero-order valence-electron chi connectivity index (χ0n) is 11.6. The second-order valence-electron chi connectivity index (χ2n) is 4.96. The highest BCUT2D eigenvalue weighted by atomic mass is 16.3. The van der Waals surface area contributed by atoms with Crippen LogP contribution in [0.5, 0.6) is 0 Å². The predicted molar refractivity (Wildman–Crippen MR) is 79.0 cm³/mol. The Balaban J connectivity index is 1.66. The van der Waals surface area contributed by atoms with Crippen molar-refractivity contribution >= 4 is 17.0 Å². The average Bonchev–Trinajstić information content (AvgIpc) is 3.06. The van der Waals surface area contributed by atoms with E-state index >= 15 is 0 Å². The molecule has 3 aromatic rings. The Kier molecular flexibility index (Phi) is 3.50. The molecule has 0 aliphatic rings. The highest BCUT2D eigenvalue weighted by Crippen LogP contribution is 2.18. The summed E-state index contributed by atoms with van der Waals surface area (Å²) in [4.78, 5) is 15.0. The molecule has 3 rings (SSSR count). The van der Waals surface area contributed by atoms with Crippen molar-refractivity contribution in [1.29, 1.82) is 0 Å². The van der Waals surface area contributed by atoms with Crippen LogP contribution in [0.25, 0.3) is 11.1 Å². The number of amides is 1. The van der Waals surface area contributed by atoms with E-state index in [-0.39, 0.29) is 12.5 Å². The number of aliphatic hydroxyl groups excluding tert-OH is 1. The third kappa shape index (κ3) is 2.68. The third-order valence-corrected chi connectivity index (χ3v) is 3.49. The molecular formula is C16H16N2O3. The number of hydrogen-bond acceptors (Lipinski definition) is 3. The number of fused-ring (bicyclic) bond motifs is 1. The Bertz CT molecular complexity index is 744. The lowest BCUT2D eigenvalue weighted by Gasteiger charge is -2.14. The number of furan rings is 1. The number of aromatic nitrogens is 1. The molecule has 2 heterocycles. The first-order chi connectivity index (χ1) is 10.1. The molecule has 0 fully saturated rings. The van der Waals surface area contributed by atoms with Crippen LogP contribution in [0.2, 0.25) is 0 Å². The van der Waals surface area contributed by atoms with E-state index in [1.165, 1.54) is 0 Å². The van der Waals surface area contributed by atoms with Gasteiger partial charge < -0.3 is 19.8 Å². The number of hydrogen-bond donors (Lipinski definition) is 3. The summed E-state index contributed by atoms with van der Waals surface area (Å²) in [6.45, 7) is 2.09. The molecule has 2 aromatic heterocycles. The van der Waals surface area contributed by atoms with E-state index in [0.29, 0.717) is 11.3 Å². The van der Waals surface area contributed by atoms with Gasteiger partial charge in [0, 0.05) is 18.7 Å². The molecule has 0 bridgehead atoms. The number of nitrogens with one attached hydrogen (secondary N) is 2. The minimum absolute atomic E-state index is 0.157. The molecule has 1 atom stereocenters. The molecule has 3 N–H and O–H groups in total. The maximum atomic E-state index is 12.0. The van der Waals surface area contributed by atoms with Crippen LogP contribution >= 0.6 is 0 Å². The van der Waals surface area contributed by atoms with Gasteiger partial charge in [-0.3, -0.25) is 4.79 Å². The van der Waals surface area contributed by atoms with Gasteiger partial charge in [-0.25, -0.2) is 0 Å². The van der Waals surface area contributed by atoms with Crippen LogP contribution in [0, 0.1) is 6.92 Å². The van der Waals surface area contributed by atoms with Gasteiger partial charge >= 0.3 is 0 Å². The third-order valence-electron chi connectivity index (χ3n) is 3.49.